The van der Waals surface area contributed by atoms with Crippen molar-refractivity contribution in [2.75, 3.05) is 5.32 Å². The van der Waals surface area contributed by atoms with Gasteiger partial charge in [0.1, 0.15) is 5.41 Å². The largest absolute Gasteiger partial charge is 0.480 e. The van der Waals surface area contributed by atoms with E-state index in [1.165, 1.54) is 0 Å². The van der Waals surface area contributed by atoms with Crippen molar-refractivity contribution in [1.29, 1.82) is 0 Å². The van der Waals surface area contributed by atoms with Gasteiger partial charge in [-0.2, -0.15) is 0 Å². The molecule has 1 amide bonds. The molecular weight excluding hydrogens is 270 g/mol. The van der Waals surface area contributed by atoms with E-state index in [1.54, 1.807) is 0 Å². The molecule has 1 aromatic heterocycles. The molecule has 0 unspecified atom stereocenters. The van der Waals surface area contributed by atoms with Crippen LogP contribution in [-0.2, 0) is 16.1 Å². The molecule has 1 saturated carbocycles. The van der Waals surface area contributed by atoms with Crippen molar-refractivity contribution in [1.82, 2.24) is 9.55 Å². The summed E-state index contributed by atoms with van der Waals surface area (Å²) < 4.78 is 1.92. The van der Waals surface area contributed by atoms with Crippen LogP contribution >= 0.6 is 0 Å². The van der Waals surface area contributed by atoms with Gasteiger partial charge < -0.3 is 9.67 Å². The Morgan fingerprint density at radius 2 is 2.10 bits per heavy atom. The Balaban J connectivity index is 1.95. The van der Waals surface area contributed by atoms with Crippen LogP contribution in [0, 0.1) is 5.41 Å². The van der Waals surface area contributed by atoms with E-state index in [9.17, 15) is 14.7 Å². The number of hydrogen-bond acceptors (Lipinski definition) is 3. The fraction of sp³-hybridized carbons (Fsp3) is 0.400. The van der Waals surface area contributed by atoms with Crippen molar-refractivity contribution < 1.29 is 14.7 Å². The Hall–Kier alpha value is -2.37. The molecule has 1 aliphatic rings. The molecule has 1 heterocycles. The van der Waals surface area contributed by atoms with Gasteiger partial charge in [0.2, 0.25) is 11.9 Å². The molecule has 0 spiro atoms. The van der Waals surface area contributed by atoms with Gasteiger partial charge in [0.05, 0.1) is 11.0 Å². The normalized spacial score (nSPS) is 15.9. The van der Waals surface area contributed by atoms with Crippen LogP contribution in [0.5, 0.6) is 0 Å². The van der Waals surface area contributed by atoms with Gasteiger partial charge in [-0.05, 0) is 31.4 Å². The van der Waals surface area contributed by atoms with E-state index in [2.05, 4.69) is 10.3 Å². The number of aromatic nitrogens is 2. The van der Waals surface area contributed by atoms with Crippen molar-refractivity contribution in [3.63, 3.8) is 0 Å². The average Bonchev–Trinajstić information content (AvgIpc) is 3.21. The molecule has 1 fully saturated rings. The van der Waals surface area contributed by atoms with E-state index < -0.39 is 17.3 Å². The lowest BCUT2D eigenvalue weighted by atomic mass is 10.1. The van der Waals surface area contributed by atoms with Crippen LogP contribution in [0.3, 0.4) is 0 Å². The van der Waals surface area contributed by atoms with E-state index in [-0.39, 0.29) is 0 Å². The number of nitrogens with zero attached hydrogens (tertiary/aromatic N) is 2. The summed E-state index contributed by atoms with van der Waals surface area (Å²) in [6.07, 6.45) is 1.68. The zero-order valence-electron chi connectivity index (χ0n) is 11.8. The fourth-order valence-electron chi connectivity index (χ4n) is 2.51. The number of nitrogens with one attached hydrogen (secondary N) is 1. The third kappa shape index (κ3) is 2.16. The molecule has 1 aliphatic carbocycles. The summed E-state index contributed by atoms with van der Waals surface area (Å²) in [6, 6.07) is 7.62. The molecule has 0 atom stereocenters. The van der Waals surface area contributed by atoms with Gasteiger partial charge in [-0.25, -0.2) is 4.98 Å². The minimum atomic E-state index is -1.25. The standard InChI is InChI=1S/C15H17N3O3/c1-2-9-18-11-6-4-3-5-10(11)16-14(18)17-12(19)15(7-8-15)13(20)21/h3-6H,2,7-9H2,1H3,(H,20,21)(H,16,17,19). The number of carbonyl (C=O) groups excluding carboxylic acids is 1. The van der Waals surface area contributed by atoms with Gasteiger partial charge in [-0.3, -0.25) is 14.9 Å². The number of fused-ring (bicyclic) bond motifs is 1. The van der Waals surface area contributed by atoms with Crippen LogP contribution in [0.15, 0.2) is 24.3 Å². The number of anilines is 1. The molecule has 6 heteroatoms. The van der Waals surface area contributed by atoms with Crippen molar-refractivity contribution in [3.05, 3.63) is 24.3 Å². The van der Waals surface area contributed by atoms with Crippen LogP contribution in [0.2, 0.25) is 0 Å². The highest BCUT2D eigenvalue weighted by molar-refractivity contribution is 6.10. The summed E-state index contributed by atoms with van der Waals surface area (Å²) in [6.45, 7) is 2.76. The Kier molecular flexibility index (Phi) is 3.16. The number of amides is 1. The van der Waals surface area contributed by atoms with Crippen molar-refractivity contribution >= 4 is 28.9 Å². The first-order valence-electron chi connectivity index (χ1n) is 7.08. The van der Waals surface area contributed by atoms with Gasteiger partial charge in [0, 0.05) is 6.54 Å². The minimum absolute atomic E-state index is 0.391. The highest BCUT2D eigenvalue weighted by Crippen LogP contribution is 2.46. The Morgan fingerprint density at radius 1 is 1.38 bits per heavy atom. The second kappa shape index (κ2) is 4.87. The summed E-state index contributed by atoms with van der Waals surface area (Å²) in [5, 5.41) is 11.9. The number of carbonyl (C=O) groups is 2. The van der Waals surface area contributed by atoms with E-state index in [4.69, 9.17) is 0 Å². The van der Waals surface area contributed by atoms with Crippen LogP contribution in [0.4, 0.5) is 5.95 Å². The zero-order valence-corrected chi connectivity index (χ0v) is 11.8. The van der Waals surface area contributed by atoms with E-state index in [0.29, 0.717) is 18.8 Å². The first kappa shape index (κ1) is 13.6. The van der Waals surface area contributed by atoms with Crippen LogP contribution in [-0.4, -0.2) is 26.5 Å². The maximum absolute atomic E-state index is 12.2. The molecule has 110 valence electrons. The van der Waals surface area contributed by atoms with Crippen LogP contribution < -0.4 is 5.32 Å². The molecule has 6 nitrogen and oxygen atoms in total. The zero-order chi connectivity index (χ0) is 15.0. The molecule has 0 bridgehead atoms. The topological polar surface area (TPSA) is 84.2 Å². The number of carboxylic acid groups (broad SMARTS) is 1. The lowest BCUT2D eigenvalue weighted by molar-refractivity contribution is -0.147. The molecule has 0 aliphatic heterocycles. The van der Waals surface area contributed by atoms with E-state index >= 15 is 0 Å². The van der Waals surface area contributed by atoms with Crippen molar-refractivity contribution in [3.8, 4) is 0 Å². The number of para-hydroxylation sites is 2. The lowest BCUT2D eigenvalue weighted by Gasteiger charge is -2.12. The molecule has 0 radical (unpaired) electrons. The second-order valence-electron chi connectivity index (χ2n) is 5.42. The predicted octanol–water partition coefficient (Wildman–Crippen LogP) is 2.25. The summed E-state index contributed by atoms with van der Waals surface area (Å²) >= 11 is 0. The van der Waals surface area contributed by atoms with E-state index in [1.807, 2.05) is 35.8 Å². The van der Waals surface area contributed by atoms with Crippen molar-refractivity contribution in [2.45, 2.75) is 32.7 Å². The predicted molar refractivity (Wildman–Crippen MR) is 78.0 cm³/mol. The number of hydrogen-bond donors (Lipinski definition) is 2. The molecule has 3 rings (SSSR count). The first-order chi connectivity index (χ1) is 10.1. The van der Waals surface area contributed by atoms with Crippen LogP contribution in [0.1, 0.15) is 26.2 Å². The Morgan fingerprint density at radius 3 is 2.71 bits per heavy atom. The first-order valence-corrected chi connectivity index (χ1v) is 7.08. The summed E-state index contributed by atoms with van der Waals surface area (Å²) in [5.41, 5.74) is 0.478. The van der Waals surface area contributed by atoms with Crippen molar-refractivity contribution in [2.24, 2.45) is 5.41 Å². The molecule has 21 heavy (non-hydrogen) atoms. The highest BCUT2D eigenvalue weighted by Gasteiger charge is 2.57. The molecule has 2 aromatic rings. The number of benzene rings is 1. The van der Waals surface area contributed by atoms with Gasteiger partial charge in [0.15, 0.2) is 0 Å². The maximum atomic E-state index is 12.2. The Labute approximate surface area is 121 Å². The third-order valence-corrected chi connectivity index (χ3v) is 3.92. The van der Waals surface area contributed by atoms with E-state index in [0.717, 1.165) is 24.0 Å². The monoisotopic (exact) mass is 287 g/mol. The maximum Gasteiger partial charge on any atom is 0.319 e. The number of carboxylic acids is 1. The quantitative estimate of drug-likeness (QED) is 0.826. The highest BCUT2D eigenvalue weighted by atomic mass is 16.4. The molecule has 1 aromatic carbocycles. The smallest absolute Gasteiger partial charge is 0.319 e. The van der Waals surface area contributed by atoms with Crippen LogP contribution in [0.25, 0.3) is 11.0 Å². The lowest BCUT2D eigenvalue weighted by Crippen LogP contribution is -2.32. The fourth-order valence-corrected chi connectivity index (χ4v) is 2.51. The van der Waals surface area contributed by atoms with Gasteiger partial charge in [-0.1, -0.05) is 19.1 Å². The third-order valence-electron chi connectivity index (χ3n) is 3.92. The second-order valence-corrected chi connectivity index (χ2v) is 5.42. The Bertz CT molecular complexity index is 716. The number of aryl methyl sites for hydroxylation is 1. The molecule has 0 saturated heterocycles. The summed E-state index contributed by atoms with van der Waals surface area (Å²) in [5.74, 6) is -1.10. The summed E-state index contributed by atoms with van der Waals surface area (Å²) in [4.78, 5) is 27.8. The number of imidazole rings is 1. The SMILES string of the molecule is CCCn1c(NC(=O)C2(C(=O)O)CC2)nc2ccccc21. The van der Waals surface area contributed by atoms with Gasteiger partial charge in [-0.15, -0.1) is 0 Å². The summed E-state index contributed by atoms with van der Waals surface area (Å²) in [7, 11) is 0. The van der Waals surface area contributed by atoms with Gasteiger partial charge in [0.25, 0.3) is 0 Å². The minimum Gasteiger partial charge on any atom is -0.480 e. The number of rotatable bonds is 5. The van der Waals surface area contributed by atoms with Gasteiger partial charge >= 0.3 is 5.97 Å². The number of aliphatic carboxylic acids is 1. The molecule has 2 N–H and O–H groups in total. The molecular formula is C15H17N3O3. The average molecular weight is 287 g/mol.